The van der Waals surface area contributed by atoms with Crippen molar-refractivity contribution in [1.82, 2.24) is 4.98 Å². The summed E-state index contributed by atoms with van der Waals surface area (Å²) >= 11 is 0. The number of nitrogens with one attached hydrogen (secondary N) is 1. The molecule has 106 valence electrons. The number of aromatic nitrogens is 1. The van der Waals surface area contributed by atoms with Crippen LogP contribution in [-0.2, 0) is 0 Å². The lowest BCUT2D eigenvalue weighted by Gasteiger charge is -2.18. The van der Waals surface area contributed by atoms with Crippen LogP contribution in [0.3, 0.4) is 0 Å². The minimum atomic E-state index is 0.621. The van der Waals surface area contributed by atoms with Crippen LogP contribution in [0.15, 0.2) is 41.3 Å². The first kappa shape index (κ1) is 13.2. The van der Waals surface area contributed by atoms with Crippen molar-refractivity contribution in [3.8, 4) is 11.3 Å². The van der Waals surface area contributed by atoms with E-state index in [1.807, 2.05) is 0 Å². The van der Waals surface area contributed by atoms with Gasteiger partial charge in [0, 0.05) is 17.3 Å². The van der Waals surface area contributed by atoms with Gasteiger partial charge < -0.3 is 9.73 Å². The van der Waals surface area contributed by atoms with Crippen LogP contribution in [0.2, 0.25) is 0 Å². The summed E-state index contributed by atoms with van der Waals surface area (Å²) in [5.41, 5.74) is 2.27. The van der Waals surface area contributed by atoms with E-state index < -0.39 is 0 Å². The fraction of sp³-hybridized carbons (Fsp3) is 0.471. The van der Waals surface area contributed by atoms with Crippen LogP contribution in [0.25, 0.3) is 11.3 Å². The third-order valence-corrected chi connectivity index (χ3v) is 4.23. The van der Waals surface area contributed by atoms with E-state index in [0.717, 1.165) is 17.2 Å². The highest BCUT2D eigenvalue weighted by atomic mass is 16.3. The zero-order chi connectivity index (χ0) is 13.8. The fourth-order valence-electron chi connectivity index (χ4n) is 2.96. The lowest BCUT2D eigenvalue weighted by molar-refractivity contribution is 0.502. The Kier molecular flexibility index (Phi) is 4.05. The molecular weight excluding hydrogens is 248 g/mol. The van der Waals surface area contributed by atoms with Crippen molar-refractivity contribution in [2.45, 2.75) is 45.1 Å². The Bertz CT molecular complexity index is 518. The van der Waals surface area contributed by atoms with Gasteiger partial charge in [0.1, 0.15) is 0 Å². The first-order valence-corrected chi connectivity index (χ1v) is 7.57. The van der Waals surface area contributed by atoms with Gasteiger partial charge in [0.15, 0.2) is 12.2 Å². The molecule has 1 aromatic heterocycles. The second kappa shape index (κ2) is 6.12. The summed E-state index contributed by atoms with van der Waals surface area (Å²) < 4.78 is 5.31. The van der Waals surface area contributed by atoms with Crippen molar-refractivity contribution >= 4 is 5.69 Å². The van der Waals surface area contributed by atoms with Crippen LogP contribution in [0.5, 0.6) is 0 Å². The molecule has 1 heterocycles. The second-order valence-corrected chi connectivity index (χ2v) is 5.90. The van der Waals surface area contributed by atoms with Crippen molar-refractivity contribution in [2.75, 3.05) is 5.32 Å². The molecule has 1 fully saturated rings. The summed E-state index contributed by atoms with van der Waals surface area (Å²) in [6.45, 7) is 2.37. The zero-order valence-corrected chi connectivity index (χ0v) is 12.0. The van der Waals surface area contributed by atoms with Crippen LogP contribution >= 0.6 is 0 Å². The number of rotatable bonds is 3. The normalized spacial score (nSPS) is 23.2. The summed E-state index contributed by atoms with van der Waals surface area (Å²) in [6, 6.07) is 9.05. The van der Waals surface area contributed by atoms with E-state index >= 15 is 0 Å². The molecule has 3 heteroatoms. The zero-order valence-electron chi connectivity index (χ0n) is 12.0. The molecule has 2 unspecified atom stereocenters. The van der Waals surface area contributed by atoms with Gasteiger partial charge in [-0.2, -0.15) is 0 Å². The van der Waals surface area contributed by atoms with Crippen LogP contribution < -0.4 is 5.32 Å². The average Bonchev–Trinajstić information content (AvgIpc) is 2.92. The minimum Gasteiger partial charge on any atom is -0.444 e. The topological polar surface area (TPSA) is 38.1 Å². The van der Waals surface area contributed by atoms with E-state index in [4.69, 9.17) is 4.42 Å². The molecule has 20 heavy (non-hydrogen) atoms. The van der Waals surface area contributed by atoms with Gasteiger partial charge in [-0.1, -0.05) is 19.8 Å². The fourth-order valence-corrected chi connectivity index (χ4v) is 2.96. The molecule has 0 bridgehead atoms. The maximum Gasteiger partial charge on any atom is 0.181 e. The van der Waals surface area contributed by atoms with E-state index in [2.05, 4.69) is 41.5 Å². The number of hydrogen-bond donors (Lipinski definition) is 1. The van der Waals surface area contributed by atoms with Crippen molar-refractivity contribution < 1.29 is 4.42 Å². The van der Waals surface area contributed by atoms with E-state index in [-0.39, 0.29) is 0 Å². The lowest BCUT2D eigenvalue weighted by atomic mass is 10.0. The summed E-state index contributed by atoms with van der Waals surface area (Å²) in [7, 11) is 0. The number of oxazole rings is 1. The molecule has 1 saturated carbocycles. The molecule has 1 aliphatic carbocycles. The maximum absolute atomic E-state index is 5.31. The van der Waals surface area contributed by atoms with Gasteiger partial charge in [-0.05, 0) is 49.4 Å². The van der Waals surface area contributed by atoms with Gasteiger partial charge in [0.05, 0.1) is 6.20 Å². The Morgan fingerprint density at radius 2 is 1.95 bits per heavy atom. The highest BCUT2D eigenvalue weighted by Gasteiger charge is 2.15. The Morgan fingerprint density at radius 1 is 1.10 bits per heavy atom. The van der Waals surface area contributed by atoms with Crippen molar-refractivity contribution in [1.29, 1.82) is 0 Å². The third-order valence-electron chi connectivity index (χ3n) is 4.23. The summed E-state index contributed by atoms with van der Waals surface area (Å²) in [5, 5.41) is 3.67. The van der Waals surface area contributed by atoms with E-state index in [0.29, 0.717) is 6.04 Å². The molecule has 0 radical (unpaired) electrons. The van der Waals surface area contributed by atoms with Crippen molar-refractivity contribution in [3.05, 3.63) is 36.9 Å². The van der Waals surface area contributed by atoms with E-state index in [1.165, 1.54) is 44.2 Å². The van der Waals surface area contributed by atoms with Crippen molar-refractivity contribution in [3.63, 3.8) is 0 Å². The molecule has 2 atom stereocenters. The molecule has 0 amide bonds. The van der Waals surface area contributed by atoms with Gasteiger partial charge in [-0.3, -0.25) is 0 Å². The Balaban J connectivity index is 1.63. The maximum atomic E-state index is 5.31. The first-order chi connectivity index (χ1) is 9.81. The Morgan fingerprint density at radius 3 is 2.70 bits per heavy atom. The van der Waals surface area contributed by atoms with Gasteiger partial charge >= 0.3 is 0 Å². The molecule has 0 aliphatic heterocycles. The standard InChI is InChI=1S/C17H22N2O/c1-13-3-2-4-15(8-5-13)19-16-9-6-14(7-10-16)17-11-18-12-20-17/h6-7,9-13,15,19H,2-5,8H2,1H3. The highest BCUT2D eigenvalue weighted by molar-refractivity contribution is 5.60. The average molecular weight is 270 g/mol. The second-order valence-electron chi connectivity index (χ2n) is 5.90. The predicted octanol–water partition coefficient (Wildman–Crippen LogP) is 4.72. The SMILES string of the molecule is CC1CCCC(Nc2ccc(-c3cnco3)cc2)CC1. The van der Waals surface area contributed by atoms with Crippen LogP contribution in [0.1, 0.15) is 39.0 Å². The van der Waals surface area contributed by atoms with Crippen molar-refractivity contribution in [2.24, 2.45) is 5.92 Å². The van der Waals surface area contributed by atoms with Crippen LogP contribution in [0.4, 0.5) is 5.69 Å². The summed E-state index contributed by atoms with van der Waals surface area (Å²) in [4.78, 5) is 3.95. The van der Waals surface area contributed by atoms with Gasteiger partial charge in [0.25, 0.3) is 0 Å². The Labute approximate surface area is 120 Å². The summed E-state index contributed by atoms with van der Waals surface area (Å²) in [6.07, 6.45) is 9.84. The number of hydrogen-bond acceptors (Lipinski definition) is 3. The quantitative estimate of drug-likeness (QED) is 0.820. The van der Waals surface area contributed by atoms with Gasteiger partial charge in [-0.15, -0.1) is 0 Å². The first-order valence-electron chi connectivity index (χ1n) is 7.57. The lowest BCUT2D eigenvalue weighted by Crippen LogP contribution is -2.18. The molecule has 2 aromatic rings. The van der Waals surface area contributed by atoms with E-state index in [9.17, 15) is 0 Å². The Hall–Kier alpha value is -1.77. The summed E-state index contributed by atoms with van der Waals surface area (Å²) in [5.74, 6) is 1.70. The molecule has 0 spiro atoms. The minimum absolute atomic E-state index is 0.621. The van der Waals surface area contributed by atoms with Gasteiger partial charge in [0.2, 0.25) is 0 Å². The number of benzene rings is 1. The van der Waals surface area contributed by atoms with Gasteiger partial charge in [-0.25, -0.2) is 4.98 Å². The van der Waals surface area contributed by atoms with Crippen LogP contribution in [-0.4, -0.2) is 11.0 Å². The number of anilines is 1. The van der Waals surface area contributed by atoms with Crippen LogP contribution in [0, 0.1) is 5.92 Å². The van der Waals surface area contributed by atoms with E-state index in [1.54, 1.807) is 6.20 Å². The molecule has 1 aromatic carbocycles. The third kappa shape index (κ3) is 3.21. The number of nitrogens with zero attached hydrogens (tertiary/aromatic N) is 1. The molecule has 3 rings (SSSR count). The molecular formula is C17H22N2O. The predicted molar refractivity (Wildman–Crippen MR) is 81.6 cm³/mol. The molecule has 1 aliphatic rings. The largest absolute Gasteiger partial charge is 0.444 e. The smallest absolute Gasteiger partial charge is 0.181 e. The molecule has 3 nitrogen and oxygen atoms in total. The molecule has 0 saturated heterocycles. The monoisotopic (exact) mass is 270 g/mol. The highest BCUT2D eigenvalue weighted by Crippen LogP contribution is 2.26. The molecule has 1 N–H and O–H groups in total.